The maximum absolute atomic E-state index is 12.9. The molecular formula is C23H31F3N4OS. The lowest BCUT2D eigenvalue weighted by Gasteiger charge is -2.44. The van der Waals surface area contributed by atoms with Crippen LogP contribution in [0.4, 0.5) is 13.2 Å². The molecule has 1 aromatic heterocycles. The van der Waals surface area contributed by atoms with Gasteiger partial charge in [-0.3, -0.25) is 4.68 Å². The van der Waals surface area contributed by atoms with E-state index in [1.165, 1.54) is 18.5 Å². The van der Waals surface area contributed by atoms with Crippen LogP contribution in [0.1, 0.15) is 43.7 Å². The number of nitrogens with zero attached hydrogens (tertiary/aromatic N) is 4. The van der Waals surface area contributed by atoms with Gasteiger partial charge in [0.1, 0.15) is 19.8 Å². The van der Waals surface area contributed by atoms with E-state index in [9.17, 15) is 13.2 Å². The summed E-state index contributed by atoms with van der Waals surface area (Å²) in [6, 6.07) is 5.51. The number of halogens is 3. The molecule has 1 saturated carbocycles. The first kappa shape index (κ1) is 24.6. The van der Waals surface area contributed by atoms with Gasteiger partial charge in [-0.15, -0.1) is 0 Å². The third kappa shape index (κ3) is 6.05. The summed E-state index contributed by atoms with van der Waals surface area (Å²) in [6.07, 6.45) is 5.71. The second-order valence-electron chi connectivity index (χ2n) is 8.72. The minimum absolute atomic E-state index is 0.0465. The standard InChI is InChI=1S/C23H31F3N4OS/c1-22(12-13-32-3)11-10-18(7-4-17-5-8-19(9-6-17)23(24,25)26)20(21(22)29-31-2)14-30-16-27-15-28-30/h5-6,8-9,15-16,18,20H,4,7,10-14H2,1-3H3/t18-,20+,22+/m1/s1. The number of rotatable bonds is 9. The molecule has 9 heteroatoms. The van der Waals surface area contributed by atoms with Crippen LogP contribution in [-0.4, -0.2) is 39.6 Å². The fourth-order valence-electron chi connectivity index (χ4n) is 4.68. The molecule has 1 aromatic carbocycles. The van der Waals surface area contributed by atoms with Gasteiger partial charge in [0, 0.05) is 11.3 Å². The molecule has 0 spiro atoms. The Morgan fingerprint density at radius 2 is 2.03 bits per heavy atom. The second kappa shape index (κ2) is 10.7. The third-order valence-electron chi connectivity index (χ3n) is 6.59. The molecule has 0 saturated heterocycles. The van der Waals surface area contributed by atoms with Gasteiger partial charge in [0.25, 0.3) is 0 Å². The number of aryl methyl sites for hydroxylation is 1. The van der Waals surface area contributed by atoms with Crippen LogP contribution in [-0.2, 0) is 24.0 Å². The van der Waals surface area contributed by atoms with Crippen LogP contribution >= 0.6 is 11.8 Å². The van der Waals surface area contributed by atoms with E-state index in [-0.39, 0.29) is 11.3 Å². The molecule has 0 unspecified atom stereocenters. The van der Waals surface area contributed by atoms with Crippen LogP contribution in [0, 0.1) is 17.3 Å². The van der Waals surface area contributed by atoms with E-state index in [2.05, 4.69) is 28.4 Å². The lowest BCUT2D eigenvalue weighted by Crippen LogP contribution is -2.45. The van der Waals surface area contributed by atoms with Gasteiger partial charge >= 0.3 is 6.18 Å². The maximum atomic E-state index is 12.9. The molecule has 1 heterocycles. The number of aromatic nitrogens is 3. The monoisotopic (exact) mass is 468 g/mol. The predicted molar refractivity (Wildman–Crippen MR) is 122 cm³/mol. The molecule has 0 N–H and O–H groups in total. The Morgan fingerprint density at radius 1 is 1.28 bits per heavy atom. The van der Waals surface area contributed by atoms with Crippen molar-refractivity contribution in [2.24, 2.45) is 22.4 Å². The Hall–Kier alpha value is -2.03. The SMILES string of the molecule is CON=C1[C@@H](Cn2cncn2)[C@H](CCc2ccc(C(F)(F)F)cc2)CC[C@@]1(C)CCSC. The highest BCUT2D eigenvalue weighted by atomic mass is 32.2. The van der Waals surface area contributed by atoms with Gasteiger partial charge < -0.3 is 4.84 Å². The second-order valence-corrected chi connectivity index (χ2v) is 9.70. The smallest absolute Gasteiger partial charge is 0.399 e. The molecule has 1 aliphatic rings. The van der Waals surface area contributed by atoms with E-state index in [1.807, 2.05) is 16.4 Å². The first-order valence-electron chi connectivity index (χ1n) is 10.9. The molecular weight excluding hydrogens is 437 g/mol. The van der Waals surface area contributed by atoms with Gasteiger partial charge in [0.05, 0.1) is 17.8 Å². The summed E-state index contributed by atoms with van der Waals surface area (Å²) in [5.74, 6) is 1.51. The summed E-state index contributed by atoms with van der Waals surface area (Å²) in [5, 5.41) is 8.82. The summed E-state index contributed by atoms with van der Waals surface area (Å²) < 4.78 is 40.4. The van der Waals surface area contributed by atoms with Crippen LogP contribution in [0.2, 0.25) is 0 Å². The molecule has 176 valence electrons. The zero-order chi connectivity index (χ0) is 23.2. The summed E-state index contributed by atoms with van der Waals surface area (Å²) in [4.78, 5) is 9.37. The minimum Gasteiger partial charge on any atom is -0.399 e. The van der Waals surface area contributed by atoms with E-state index in [0.717, 1.165) is 49.1 Å². The normalized spacial score (nSPS) is 25.2. The number of alkyl halides is 3. The van der Waals surface area contributed by atoms with E-state index in [1.54, 1.807) is 25.6 Å². The highest BCUT2D eigenvalue weighted by molar-refractivity contribution is 7.98. The molecule has 3 rings (SSSR count). The molecule has 0 aliphatic heterocycles. The molecule has 1 fully saturated rings. The Balaban J connectivity index is 1.79. The van der Waals surface area contributed by atoms with Gasteiger partial charge in [-0.1, -0.05) is 24.2 Å². The van der Waals surface area contributed by atoms with Crippen molar-refractivity contribution in [3.05, 3.63) is 48.0 Å². The lowest BCUT2D eigenvalue weighted by molar-refractivity contribution is -0.137. The van der Waals surface area contributed by atoms with Crippen molar-refractivity contribution in [1.29, 1.82) is 0 Å². The molecule has 3 atom stereocenters. The fourth-order valence-corrected chi connectivity index (χ4v) is 5.34. The fraction of sp³-hybridized carbons (Fsp3) is 0.609. The summed E-state index contributed by atoms with van der Waals surface area (Å²) in [7, 11) is 1.58. The van der Waals surface area contributed by atoms with E-state index >= 15 is 0 Å². The van der Waals surface area contributed by atoms with Gasteiger partial charge in [-0.05, 0) is 67.7 Å². The van der Waals surface area contributed by atoms with Crippen molar-refractivity contribution in [2.75, 3.05) is 19.1 Å². The maximum Gasteiger partial charge on any atom is 0.416 e. The van der Waals surface area contributed by atoms with Crippen molar-refractivity contribution in [2.45, 2.75) is 51.7 Å². The zero-order valence-corrected chi connectivity index (χ0v) is 19.6. The van der Waals surface area contributed by atoms with Crippen molar-refractivity contribution in [1.82, 2.24) is 14.8 Å². The average Bonchev–Trinajstić information content (AvgIpc) is 3.27. The van der Waals surface area contributed by atoms with Crippen molar-refractivity contribution in [3.63, 3.8) is 0 Å². The molecule has 2 aromatic rings. The predicted octanol–water partition coefficient (Wildman–Crippen LogP) is 5.72. The van der Waals surface area contributed by atoms with Crippen LogP contribution in [0.3, 0.4) is 0 Å². The Kier molecular flexibility index (Phi) is 8.25. The van der Waals surface area contributed by atoms with Crippen molar-refractivity contribution >= 4 is 17.5 Å². The van der Waals surface area contributed by atoms with Crippen molar-refractivity contribution in [3.8, 4) is 0 Å². The number of benzene rings is 1. The Bertz CT molecular complexity index is 870. The number of hydrogen-bond acceptors (Lipinski definition) is 5. The third-order valence-corrected chi connectivity index (χ3v) is 7.20. The Morgan fingerprint density at radius 3 is 2.62 bits per heavy atom. The molecule has 0 amide bonds. The highest BCUT2D eigenvalue weighted by Gasteiger charge is 2.44. The first-order chi connectivity index (χ1) is 15.3. The van der Waals surface area contributed by atoms with Crippen molar-refractivity contribution < 1.29 is 18.0 Å². The molecule has 1 aliphatic carbocycles. The zero-order valence-electron chi connectivity index (χ0n) is 18.8. The average molecular weight is 469 g/mol. The number of thioether (sulfide) groups is 1. The molecule has 32 heavy (non-hydrogen) atoms. The van der Waals surface area contributed by atoms with Crippen LogP contribution in [0.5, 0.6) is 0 Å². The van der Waals surface area contributed by atoms with E-state index in [4.69, 9.17) is 4.84 Å². The first-order valence-corrected chi connectivity index (χ1v) is 12.2. The summed E-state index contributed by atoms with van der Waals surface area (Å²) in [5.41, 5.74) is 1.32. The summed E-state index contributed by atoms with van der Waals surface area (Å²) >= 11 is 1.83. The molecule has 5 nitrogen and oxygen atoms in total. The lowest BCUT2D eigenvalue weighted by atomic mass is 9.62. The Labute approximate surface area is 191 Å². The quantitative estimate of drug-likeness (QED) is 0.442. The van der Waals surface area contributed by atoms with Gasteiger partial charge in [0.2, 0.25) is 0 Å². The summed E-state index contributed by atoms with van der Waals surface area (Å²) in [6.45, 7) is 2.93. The van der Waals surface area contributed by atoms with Gasteiger partial charge in [-0.2, -0.15) is 30.0 Å². The van der Waals surface area contributed by atoms with Crippen LogP contribution in [0.25, 0.3) is 0 Å². The van der Waals surface area contributed by atoms with Crippen LogP contribution < -0.4 is 0 Å². The van der Waals surface area contributed by atoms with E-state index < -0.39 is 11.7 Å². The highest BCUT2D eigenvalue weighted by Crippen LogP contribution is 2.45. The molecule has 0 radical (unpaired) electrons. The van der Waals surface area contributed by atoms with Gasteiger partial charge in [0.15, 0.2) is 0 Å². The number of oxime groups is 1. The van der Waals surface area contributed by atoms with Gasteiger partial charge in [-0.25, -0.2) is 4.98 Å². The number of hydrogen-bond donors (Lipinski definition) is 0. The van der Waals surface area contributed by atoms with E-state index in [0.29, 0.717) is 12.5 Å². The topological polar surface area (TPSA) is 52.3 Å². The minimum atomic E-state index is -4.31. The largest absolute Gasteiger partial charge is 0.416 e. The molecule has 0 bridgehead atoms. The van der Waals surface area contributed by atoms with Crippen LogP contribution in [0.15, 0.2) is 42.1 Å².